The number of nitrogens with one attached hydrogen (secondary N) is 1. The normalized spacial score (nSPS) is 12.1. The number of hydrogen-bond donors (Lipinski definition) is 2. The van der Waals surface area contributed by atoms with Gasteiger partial charge < -0.3 is 9.84 Å². The number of hydrogen-bond acceptors (Lipinski definition) is 7. The summed E-state index contributed by atoms with van der Waals surface area (Å²) in [5.41, 5.74) is 7.50. The number of rotatable bonds is 8. The predicted octanol–water partition coefficient (Wildman–Crippen LogP) is 6.79. The predicted molar refractivity (Wildman–Crippen MR) is 170 cm³/mol. The third-order valence-corrected chi connectivity index (χ3v) is 7.69. The molecule has 1 heterocycles. The van der Waals surface area contributed by atoms with Crippen molar-refractivity contribution in [3.05, 3.63) is 82.9 Å². The number of nitrogens with zero attached hydrogens (tertiary/aromatic N) is 4. The lowest BCUT2D eigenvalue weighted by molar-refractivity contribution is -0.118. The van der Waals surface area contributed by atoms with E-state index in [2.05, 4.69) is 62.3 Å². The van der Waals surface area contributed by atoms with Gasteiger partial charge in [-0.3, -0.25) is 9.36 Å². The summed E-state index contributed by atoms with van der Waals surface area (Å²) in [4.78, 5) is 12.8. The van der Waals surface area contributed by atoms with Crippen molar-refractivity contribution in [1.29, 1.82) is 0 Å². The number of hydrazone groups is 1. The highest BCUT2D eigenvalue weighted by Crippen LogP contribution is 2.39. The van der Waals surface area contributed by atoms with Crippen LogP contribution >= 0.6 is 11.8 Å². The molecule has 0 bridgehead atoms. The summed E-state index contributed by atoms with van der Waals surface area (Å²) >= 11 is 1.28. The summed E-state index contributed by atoms with van der Waals surface area (Å²) in [6, 6.07) is 19.5. The second-order valence-corrected chi connectivity index (χ2v) is 13.2. The summed E-state index contributed by atoms with van der Waals surface area (Å²) < 4.78 is 7.24. The van der Waals surface area contributed by atoms with E-state index in [0.29, 0.717) is 16.7 Å². The molecule has 4 rings (SSSR count). The van der Waals surface area contributed by atoms with E-state index in [4.69, 9.17) is 4.74 Å². The van der Waals surface area contributed by atoms with Crippen LogP contribution in [0.15, 0.2) is 70.9 Å². The largest absolute Gasteiger partial charge is 0.507 e. The van der Waals surface area contributed by atoms with Crippen molar-refractivity contribution in [2.45, 2.75) is 64.5 Å². The van der Waals surface area contributed by atoms with Crippen LogP contribution in [0.2, 0.25) is 0 Å². The number of ether oxygens (including phenoxy) is 1. The first-order chi connectivity index (χ1) is 19.8. The van der Waals surface area contributed by atoms with Gasteiger partial charge >= 0.3 is 0 Å². The molecule has 0 spiro atoms. The minimum absolute atomic E-state index is 0.0972. The van der Waals surface area contributed by atoms with Crippen molar-refractivity contribution in [2.24, 2.45) is 5.10 Å². The maximum absolute atomic E-state index is 12.8. The van der Waals surface area contributed by atoms with Gasteiger partial charge in [0.2, 0.25) is 0 Å². The molecule has 0 atom stereocenters. The highest BCUT2D eigenvalue weighted by Gasteiger charge is 2.26. The standard InChI is InChI=1S/C33H39N5O3S/c1-21-9-13-24(14-10-21)38-30(23-11-15-25(41-8)16-12-23)36-37-31(38)42-20-28(39)35-34-19-22-17-26(32(2,3)4)29(40)27(18-22)33(5,6)7/h9-19,40H,20H2,1-8H3,(H,35,39)/b34-19+. The molecule has 42 heavy (non-hydrogen) atoms. The molecule has 0 fully saturated rings. The van der Waals surface area contributed by atoms with Crippen LogP contribution in [0.3, 0.4) is 0 Å². The minimum Gasteiger partial charge on any atom is -0.507 e. The van der Waals surface area contributed by atoms with E-state index in [0.717, 1.165) is 39.3 Å². The number of amides is 1. The number of benzene rings is 3. The molecule has 220 valence electrons. The van der Waals surface area contributed by atoms with E-state index in [1.807, 2.05) is 72.2 Å². The van der Waals surface area contributed by atoms with E-state index in [-0.39, 0.29) is 22.5 Å². The van der Waals surface area contributed by atoms with Crippen molar-refractivity contribution in [3.8, 4) is 28.6 Å². The zero-order valence-electron chi connectivity index (χ0n) is 25.5. The first-order valence-corrected chi connectivity index (χ1v) is 14.8. The first-order valence-electron chi connectivity index (χ1n) is 13.8. The van der Waals surface area contributed by atoms with Gasteiger partial charge in [0, 0.05) is 22.4 Å². The minimum atomic E-state index is -0.272. The Morgan fingerprint density at radius 2 is 1.57 bits per heavy atom. The Balaban J connectivity index is 1.53. The maximum Gasteiger partial charge on any atom is 0.250 e. The van der Waals surface area contributed by atoms with Crippen LogP contribution in [0.4, 0.5) is 0 Å². The lowest BCUT2D eigenvalue weighted by Gasteiger charge is -2.27. The Morgan fingerprint density at radius 3 is 2.12 bits per heavy atom. The van der Waals surface area contributed by atoms with Crippen LogP contribution in [-0.4, -0.2) is 44.9 Å². The fraction of sp³-hybridized carbons (Fsp3) is 0.333. The molecule has 1 aromatic heterocycles. The average Bonchev–Trinajstić information content (AvgIpc) is 3.35. The molecule has 0 saturated carbocycles. The van der Waals surface area contributed by atoms with Crippen LogP contribution < -0.4 is 10.2 Å². The van der Waals surface area contributed by atoms with Crippen LogP contribution in [0.5, 0.6) is 11.5 Å². The first kappa shape index (κ1) is 30.8. The Kier molecular flexibility index (Phi) is 9.11. The molecule has 4 aromatic rings. The van der Waals surface area contributed by atoms with E-state index >= 15 is 0 Å². The highest BCUT2D eigenvalue weighted by atomic mass is 32.2. The number of phenolic OH excluding ortho intramolecular Hbond substituents is 1. The fourth-order valence-corrected chi connectivity index (χ4v) is 5.18. The van der Waals surface area contributed by atoms with Gasteiger partial charge in [-0.15, -0.1) is 10.2 Å². The van der Waals surface area contributed by atoms with Gasteiger partial charge in [-0.2, -0.15) is 5.10 Å². The highest BCUT2D eigenvalue weighted by molar-refractivity contribution is 7.99. The maximum atomic E-state index is 12.8. The van der Waals surface area contributed by atoms with Gasteiger partial charge in [0.05, 0.1) is 19.1 Å². The smallest absolute Gasteiger partial charge is 0.250 e. The number of aromatic nitrogens is 3. The number of carbonyl (C=O) groups excluding carboxylic acids is 1. The summed E-state index contributed by atoms with van der Waals surface area (Å²) in [6.45, 7) is 14.4. The lowest BCUT2D eigenvalue weighted by Crippen LogP contribution is -2.20. The van der Waals surface area contributed by atoms with Gasteiger partial charge in [-0.1, -0.05) is 71.0 Å². The second-order valence-electron chi connectivity index (χ2n) is 12.3. The van der Waals surface area contributed by atoms with Crippen molar-refractivity contribution in [3.63, 3.8) is 0 Å². The number of methoxy groups -OCH3 is 1. The molecular formula is C33H39N5O3S. The quantitative estimate of drug-likeness (QED) is 0.134. The molecule has 2 N–H and O–H groups in total. The van der Waals surface area contributed by atoms with Crippen LogP contribution in [0.1, 0.15) is 63.8 Å². The number of phenols is 1. The monoisotopic (exact) mass is 585 g/mol. The molecule has 3 aromatic carbocycles. The van der Waals surface area contributed by atoms with E-state index in [9.17, 15) is 9.90 Å². The molecule has 9 heteroatoms. The zero-order valence-corrected chi connectivity index (χ0v) is 26.3. The molecule has 0 aliphatic rings. The van der Waals surface area contributed by atoms with Crippen molar-refractivity contribution in [2.75, 3.05) is 12.9 Å². The molecule has 0 aliphatic heterocycles. The van der Waals surface area contributed by atoms with Crippen molar-refractivity contribution in [1.82, 2.24) is 20.2 Å². The SMILES string of the molecule is COc1ccc(-c2nnc(SCC(=O)N/N=C/c3cc(C(C)(C)C)c(O)c(C(C)(C)C)c3)n2-c2ccc(C)cc2)cc1. The zero-order chi connectivity index (χ0) is 30.7. The van der Waals surface area contributed by atoms with E-state index in [1.54, 1.807) is 13.3 Å². The number of thioether (sulfide) groups is 1. The molecule has 0 aliphatic carbocycles. The Hall–Kier alpha value is -4.11. The molecule has 0 radical (unpaired) electrons. The number of aryl methyl sites for hydroxylation is 1. The van der Waals surface area contributed by atoms with Crippen molar-refractivity contribution < 1.29 is 14.6 Å². The van der Waals surface area contributed by atoms with Gasteiger partial charge in [0.15, 0.2) is 11.0 Å². The third-order valence-electron chi connectivity index (χ3n) is 6.76. The molecule has 0 unspecified atom stereocenters. The summed E-state index contributed by atoms with van der Waals surface area (Å²) in [5.74, 6) is 1.55. The fourth-order valence-electron chi connectivity index (χ4n) is 4.43. The molecular weight excluding hydrogens is 546 g/mol. The molecule has 1 amide bonds. The lowest BCUT2D eigenvalue weighted by atomic mass is 9.78. The summed E-state index contributed by atoms with van der Waals surface area (Å²) in [6.07, 6.45) is 1.61. The topological polar surface area (TPSA) is 102 Å². The third kappa shape index (κ3) is 7.20. The van der Waals surface area contributed by atoms with Gasteiger partial charge in [0.25, 0.3) is 5.91 Å². The Labute approximate surface area is 252 Å². The van der Waals surface area contributed by atoms with Crippen LogP contribution in [0, 0.1) is 6.92 Å². The second kappa shape index (κ2) is 12.4. The molecule has 8 nitrogen and oxygen atoms in total. The van der Waals surface area contributed by atoms with E-state index in [1.165, 1.54) is 11.8 Å². The Morgan fingerprint density at radius 1 is 0.976 bits per heavy atom. The van der Waals surface area contributed by atoms with Crippen LogP contribution in [0.25, 0.3) is 17.1 Å². The average molecular weight is 586 g/mol. The van der Waals surface area contributed by atoms with Gasteiger partial charge in [-0.25, -0.2) is 5.43 Å². The van der Waals surface area contributed by atoms with Gasteiger partial charge in [-0.05, 0) is 71.8 Å². The Bertz CT molecular complexity index is 1540. The summed E-state index contributed by atoms with van der Waals surface area (Å²) in [5, 5.41) is 24.6. The molecule has 0 saturated heterocycles. The van der Waals surface area contributed by atoms with Crippen LogP contribution in [-0.2, 0) is 15.6 Å². The van der Waals surface area contributed by atoms with E-state index < -0.39 is 0 Å². The number of carbonyl (C=O) groups is 1. The van der Waals surface area contributed by atoms with Crippen molar-refractivity contribution >= 4 is 23.9 Å². The summed E-state index contributed by atoms with van der Waals surface area (Å²) in [7, 11) is 1.63. The van der Waals surface area contributed by atoms with Gasteiger partial charge in [0.1, 0.15) is 11.5 Å². The number of aromatic hydroxyl groups is 1.